The normalized spacial score (nSPS) is 12.1. The summed E-state index contributed by atoms with van der Waals surface area (Å²) in [5, 5.41) is 0.450. The first-order valence-electron chi connectivity index (χ1n) is 5.18. The number of aromatic nitrogens is 1. The summed E-state index contributed by atoms with van der Waals surface area (Å²) in [5.74, 6) is 0.559. The highest BCUT2D eigenvalue weighted by atomic mass is 35.5. The first-order valence-corrected chi connectivity index (χ1v) is 5.55. The lowest BCUT2D eigenvalue weighted by Crippen LogP contribution is -2.13. The average Bonchev–Trinajstić information content (AvgIpc) is 2.24. The van der Waals surface area contributed by atoms with E-state index in [9.17, 15) is 0 Å². The molecule has 1 atom stereocenters. The van der Waals surface area contributed by atoms with Gasteiger partial charge in [0.25, 0.3) is 0 Å². The molecule has 0 aliphatic heterocycles. The number of halogens is 1. The molecule has 0 N–H and O–H groups in total. The van der Waals surface area contributed by atoms with E-state index in [-0.39, 0.29) is 6.10 Å². The number of unbranched alkanes of at least 4 members (excludes halogenated alkanes) is 1. The Morgan fingerprint density at radius 1 is 1.60 bits per heavy atom. The molecule has 0 saturated heterocycles. The van der Waals surface area contributed by atoms with Gasteiger partial charge >= 0.3 is 0 Å². The Morgan fingerprint density at radius 2 is 2.40 bits per heavy atom. The molecular formula is C12H16ClNO. The third-order valence-corrected chi connectivity index (χ3v) is 2.28. The highest BCUT2D eigenvalue weighted by Gasteiger charge is 2.06. The van der Waals surface area contributed by atoms with Crippen molar-refractivity contribution in [3.8, 4) is 5.88 Å². The Hall–Kier alpha value is -1.02. The van der Waals surface area contributed by atoms with Gasteiger partial charge in [-0.15, -0.1) is 0 Å². The molecule has 82 valence electrons. The lowest BCUT2D eigenvalue weighted by Gasteiger charge is -2.13. The molecule has 0 bridgehead atoms. The maximum absolute atomic E-state index is 5.76. The standard InChI is InChI=1S/C12H16ClNO/c1-3-5-7-10(4-2)15-12-9-6-8-11(13)14-12/h4,6,8-10H,2-3,5,7H2,1H3. The van der Waals surface area contributed by atoms with Crippen LogP contribution in [0.1, 0.15) is 26.2 Å². The van der Waals surface area contributed by atoms with Crippen LogP contribution in [0.4, 0.5) is 0 Å². The maximum atomic E-state index is 5.76. The molecule has 0 spiro atoms. The summed E-state index contributed by atoms with van der Waals surface area (Å²) in [7, 11) is 0. The molecule has 1 unspecified atom stereocenters. The van der Waals surface area contributed by atoms with Crippen LogP contribution in [0.5, 0.6) is 5.88 Å². The smallest absolute Gasteiger partial charge is 0.215 e. The fourth-order valence-electron chi connectivity index (χ4n) is 1.24. The molecule has 0 aliphatic carbocycles. The number of hydrogen-bond acceptors (Lipinski definition) is 2. The zero-order valence-electron chi connectivity index (χ0n) is 8.95. The van der Waals surface area contributed by atoms with E-state index in [1.807, 2.05) is 6.07 Å². The van der Waals surface area contributed by atoms with Crippen LogP contribution in [0, 0.1) is 0 Å². The third-order valence-electron chi connectivity index (χ3n) is 2.07. The minimum atomic E-state index is 0.0240. The summed E-state index contributed by atoms with van der Waals surface area (Å²) in [6.45, 7) is 5.90. The fourth-order valence-corrected chi connectivity index (χ4v) is 1.40. The summed E-state index contributed by atoms with van der Waals surface area (Å²) in [4.78, 5) is 4.06. The van der Waals surface area contributed by atoms with E-state index in [1.54, 1.807) is 18.2 Å². The first kappa shape index (κ1) is 12.1. The molecule has 0 aliphatic rings. The lowest BCUT2D eigenvalue weighted by atomic mass is 10.1. The second-order valence-electron chi connectivity index (χ2n) is 3.33. The van der Waals surface area contributed by atoms with Crippen LogP contribution in [0.25, 0.3) is 0 Å². The summed E-state index contributed by atoms with van der Waals surface area (Å²) >= 11 is 5.76. The molecule has 0 radical (unpaired) electrons. The molecule has 3 heteroatoms. The van der Waals surface area contributed by atoms with Crippen molar-refractivity contribution < 1.29 is 4.74 Å². The second-order valence-corrected chi connectivity index (χ2v) is 3.72. The van der Waals surface area contributed by atoms with E-state index >= 15 is 0 Å². The summed E-state index contributed by atoms with van der Waals surface area (Å²) in [6, 6.07) is 5.35. The fraction of sp³-hybridized carbons (Fsp3) is 0.417. The van der Waals surface area contributed by atoms with Crippen LogP contribution in [0.15, 0.2) is 30.9 Å². The van der Waals surface area contributed by atoms with Gasteiger partial charge in [-0.2, -0.15) is 0 Å². The highest BCUT2D eigenvalue weighted by Crippen LogP contribution is 2.15. The minimum Gasteiger partial charge on any atom is -0.470 e. The van der Waals surface area contributed by atoms with E-state index in [0.29, 0.717) is 11.0 Å². The molecule has 0 aromatic carbocycles. The van der Waals surface area contributed by atoms with Crippen LogP contribution < -0.4 is 4.74 Å². The van der Waals surface area contributed by atoms with Crippen molar-refractivity contribution in [1.29, 1.82) is 0 Å². The Labute approximate surface area is 95.9 Å². The zero-order chi connectivity index (χ0) is 11.1. The van der Waals surface area contributed by atoms with Crippen LogP contribution >= 0.6 is 11.6 Å². The minimum absolute atomic E-state index is 0.0240. The Bertz CT molecular complexity index is 314. The van der Waals surface area contributed by atoms with Crippen molar-refractivity contribution >= 4 is 11.6 Å². The van der Waals surface area contributed by atoms with Gasteiger partial charge in [-0.25, -0.2) is 4.98 Å². The molecule has 1 aromatic heterocycles. The number of ether oxygens (including phenoxy) is 1. The van der Waals surface area contributed by atoms with Gasteiger partial charge in [0.05, 0.1) is 0 Å². The van der Waals surface area contributed by atoms with E-state index in [1.165, 1.54) is 0 Å². The van der Waals surface area contributed by atoms with Crippen molar-refractivity contribution in [1.82, 2.24) is 4.98 Å². The van der Waals surface area contributed by atoms with E-state index in [0.717, 1.165) is 19.3 Å². The summed E-state index contributed by atoms with van der Waals surface area (Å²) in [5.41, 5.74) is 0. The van der Waals surface area contributed by atoms with Crippen LogP contribution in [0.2, 0.25) is 5.15 Å². The van der Waals surface area contributed by atoms with Gasteiger partial charge in [-0.05, 0) is 18.9 Å². The molecule has 1 rings (SSSR count). The van der Waals surface area contributed by atoms with Crippen molar-refractivity contribution in [3.05, 3.63) is 36.0 Å². The molecule has 1 heterocycles. The zero-order valence-corrected chi connectivity index (χ0v) is 9.70. The summed E-state index contributed by atoms with van der Waals surface area (Å²) < 4.78 is 5.63. The Kier molecular flexibility index (Phi) is 5.19. The Balaban J connectivity index is 2.54. The lowest BCUT2D eigenvalue weighted by molar-refractivity contribution is 0.226. The topological polar surface area (TPSA) is 22.1 Å². The van der Waals surface area contributed by atoms with Crippen LogP contribution in [-0.4, -0.2) is 11.1 Å². The predicted octanol–water partition coefficient (Wildman–Crippen LogP) is 3.86. The second kappa shape index (κ2) is 6.46. The van der Waals surface area contributed by atoms with E-state index < -0.39 is 0 Å². The van der Waals surface area contributed by atoms with Crippen molar-refractivity contribution in [3.63, 3.8) is 0 Å². The van der Waals surface area contributed by atoms with Gasteiger partial charge in [0.2, 0.25) is 5.88 Å². The van der Waals surface area contributed by atoms with Gasteiger partial charge in [-0.1, -0.05) is 43.7 Å². The number of nitrogens with zero attached hydrogens (tertiary/aromatic N) is 1. The molecular weight excluding hydrogens is 210 g/mol. The third kappa shape index (κ3) is 4.34. The van der Waals surface area contributed by atoms with Crippen molar-refractivity contribution in [2.45, 2.75) is 32.3 Å². The number of rotatable bonds is 6. The van der Waals surface area contributed by atoms with Gasteiger partial charge in [0, 0.05) is 6.07 Å². The largest absolute Gasteiger partial charge is 0.470 e. The van der Waals surface area contributed by atoms with Crippen molar-refractivity contribution in [2.24, 2.45) is 0 Å². The van der Waals surface area contributed by atoms with Gasteiger partial charge in [-0.3, -0.25) is 0 Å². The maximum Gasteiger partial charge on any atom is 0.215 e. The van der Waals surface area contributed by atoms with Gasteiger partial charge in [0.15, 0.2) is 0 Å². The highest BCUT2D eigenvalue weighted by molar-refractivity contribution is 6.29. The summed E-state index contributed by atoms with van der Waals surface area (Å²) in [6.07, 6.45) is 5.07. The van der Waals surface area contributed by atoms with Crippen LogP contribution in [-0.2, 0) is 0 Å². The number of hydrogen-bond donors (Lipinski definition) is 0. The van der Waals surface area contributed by atoms with Crippen molar-refractivity contribution in [2.75, 3.05) is 0 Å². The molecule has 2 nitrogen and oxygen atoms in total. The van der Waals surface area contributed by atoms with Gasteiger partial charge < -0.3 is 4.74 Å². The van der Waals surface area contributed by atoms with E-state index in [4.69, 9.17) is 16.3 Å². The molecule has 0 fully saturated rings. The number of pyridine rings is 1. The molecule has 0 saturated carbocycles. The van der Waals surface area contributed by atoms with Gasteiger partial charge in [0.1, 0.15) is 11.3 Å². The SMILES string of the molecule is C=CC(CCCC)Oc1cccc(Cl)n1. The van der Waals surface area contributed by atoms with E-state index in [2.05, 4.69) is 18.5 Å². The molecule has 0 amide bonds. The molecule has 15 heavy (non-hydrogen) atoms. The molecule has 1 aromatic rings. The Morgan fingerprint density at radius 3 is 3.00 bits per heavy atom. The first-order chi connectivity index (χ1) is 7.26. The monoisotopic (exact) mass is 225 g/mol. The van der Waals surface area contributed by atoms with Crippen LogP contribution in [0.3, 0.4) is 0 Å². The quantitative estimate of drug-likeness (QED) is 0.542. The average molecular weight is 226 g/mol. The predicted molar refractivity (Wildman–Crippen MR) is 63.4 cm³/mol.